The van der Waals surface area contributed by atoms with Crippen molar-refractivity contribution in [2.24, 2.45) is 0 Å². The van der Waals surface area contributed by atoms with E-state index in [4.69, 9.17) is 11.6 Å². The normalized spacial score (nSPS) is 10.8. The Morgan fingerprint density at radius 1 is 1.14 bits per heavy atom. The topological polar surface area (TPSA) is 116 Å². The van der Waals surface area contributed by atoms with Crippen LogP contribution in [0.1, 0.15) is 12.5 Å². The van der Waals surface area contributed by atoms with E-state index in [1.54, 1.807) is 18.2 Å². The molecule has 4 aromatic rings. The number of aryl methyl sites for hydroxylation is 1. The van der Waals surface area contributed by atoms with E-state index in [9.17, 15) is 4.79 Å². The smallest absolute Gasteiger partial charge is 0.248 e. The Kier molecular flexibility index (Phi) is 5.25. The maximum atomic E-state index is 12.3. The molecule has 0 spiro atoms. The summed E-state index contributed by atoms with van der Waals surface area (Å²) >= 11 is 6.12. The van der Waals surface area contributed by atoms with Crippen LogP contribution in [0.5, 0.6) is 0 Å². The minimum absolute atomic E-state index is 0.0801. The average molecular weight is 410 g/mol. The zero-order chi connectivity index (χ0) is 20.2. The Morgan fingerprint density at radius 3 is 2.69 bits per heavy atom. The van der Waals surface area contributed by atoms with E-state index in [-0.39, 0.29) is 12.5 Å². The number of aromatic nitrogens is 8. The molecule has 0 bridgehead atoms. The molecule has 146 valence electrons. The maximum absolute atomic E-state index is 12.3. The van der Waals surface area contributed by atoms with Crippen molar-refractivity contribution < 1.29 is 4.79 Å². The quantitative estimate of drug-likeness (QED) is 0.518. The summed E-state index contributed by atoms with van der Waals surface area (Å²) in [5.74, 6) is 0.0445. The molecule has 0 fully saturated rings. The van der Waals surface area contributed by atoms with Gasteiger partial charge in [0.2, 0.25) is 11.7 Å². The van der Waals surface area contributed by atoms with Crippen molar-refractivity contribution in [2.75, 3.05) is 5.32 Å². The van der Waals surface area contributed by atoms with Gasteiger partial charge in [0.25, 0.3) is 0 Å². The number of nitrogens with zero attached hydrogens (tertiary/aromatic N) is 8. The van der Waals surface area contributed by atoms with Gasteiger partial charge in [0.1, 0.15) is 12.9 Å². The number of benzene rings is 2. The lowest BCUT2D eigenvalue weighted by Gasteiger charge is -2.06. The predicted molar refractivity (Wildman–Crippen MR) is 105 cm³/mol. The van der Waals surface area contributed by atoms with Gasteiger partial charge < -0.3 is 5.32 Å². The summed E-state index contributed by atoms with van der Waals surface area (Å²) in [7, 11) is 0. The highest BCUT2D eigenvalue weighted by molar-refractivity contribution is 6.31. The highest BCUT2D eigenvalue weighted by atomic mass is 35.5. The lowest BCUT2D eigenvalue weighted by Crippen LogP contribution is -2.20. The fraction of sp³-hybridized carbons (Fsp3) is 0.167. The first-order valence-corrected chi connectivity index (χ1v) is 9.20. The molecule has 1 N–H and O–H groups in total. The maximum Gasteiger partial charge on any atom is 0.248 e. The standard InChI is InChI=1S/C18H16ClN9O/c1-2-12-3-6-14(7-4-12)21-17(29)10-28-23-18(22-25-28)15-9-13(19)5-8-16(15)27-11-20-24-26-27/h3-9,11H,2,10H2,1H3,(H,21,29). The first kappa shape index (κ1) is 18.7. The molecule has 0 atom stereocenters. The molecule has 2 aromatic heterocycles. The summed E-state index contributed by atoms with van der Waals surface area (Å²) in [5, 5.41) is 26.8. The molecular weight excluding hydrogens is 394 g/mol. The second-order valence-corrected chi connectivity index (χ2v) is 6.59. The van der Waals surface area contributed by atoms with Gasteiger partial charge in [-0.15, -0.1) is 15.3 Å². The van der Waals surface area contributed by atoms with Gasteiger partial charge in [0.15, 0.2) is 0 Å². The Bertz CT molecular complexity index is 1120. The summed E-state index contributed by atoms with van der Waals surface area (Å²) in [6, 6.07) is 12.8. The van der Waals surface area contributed by atoms with E-state index in [0.29, 0.717) is 27.8 Å². The number of halogens is 1. The molecule has 0 saturated heterocycles. The number of hydrogen-bond acceptors (Lipinski definition) is 7. The van der Waals surface area contributed by atoms with Crippen molar-refractivity contribution in [3.05, 3.63) is 59.4 Å². The molecule has 0 unspecified atom stereocenters. The van der Waals surface area contributed by atoms with Gasteiger partial charge in [-0.1, -0.05) is 30.7 Å². The minimum atomic E-state index is -0.259. The summed E-state index contributed by atoms with van der Waals surface area (Å²) in [6.07, 6.45) is 2.39. The molecule has 0 aliphatic heterocycles. The molecule has 2 heterocycles. The van der Waals surface area contributed by atoms with Crippen LogP contribution >= 0.6 is 11.6 Å². The lowest BCUT2D eigenvalue weighted by atomic mass is 10.1. The Balaban J connectivity index is 1.51. The average Bonchev–Trinajstić information content (AvgIpc) is 3.41. The van der Waals surface area contributed by atoms with Crippen LogP contribution in [0.15, 0.2) is 48.8 Å². The zero-order valence-corrected chi connectivity index (χ0v) is 16.2. The largest absolute Gasteiger partial charge is 0.324 e. The molecule has 10 nitrogen and oxygen atoms in total. The molecule has 2 aromatic carbocycles. The molecule has 0 radical (unpaired) electrons. The van der Waals surface area contributed by atoms with Gasteiger partial charge in [0, 0.05) is 10.7 Å². The van der Waals surface area contributed by atoms with E-state index in [0.717, 1.165) is 6.42 Å². The van der Waals surface area contributed by atoms with Gasteiger partial charge in [-0.3, -0.25) is 4.79 Å². The van der Waals surface area contributed by atoms with Crippen molar-refractivity contribution in [1.29, 1.82) is 0 Å². The van der Waals surface area contributed by atoms with Crippen molar-refractivity contribution in [3.63, 3.8) is 0 Å². The van der Waals surface area contributed by atoms with Crippen LogP contribution in [0.2, 0.25) is 5.02 Å². The van der Waals surface area contributed by atoms with Crippen molar-refractivity contribution >= 4 is 23.2 Å². The number of anilines is 1. The number of nitrogens with one attached hydrogen (secondary N) is 1. The summed E-state index contributed by atoms with van der Waals surface area (Å²) in [6.45, 7) is 2.00. The third-order valence-electron chi connectivity index (χ3n) is 4.18. The highest BCUT2D eigenvalue weighted by Gasteiger charge is 2.15. The molecule has 0 saturated carbocycles. The zero-order valence-electron chi connectivity index (χ0n) is 15.4. The summed E-state index contributed by atoms with van der Waals surface area (Å²) in [4.78, 5) is 13.5. The van der Waals surface area contributed by atoms with E-state index in [2.05, 4.69) is 43.2 Å². The second-order valence-electron chi connectivity index (χ2n) is 6.16. The first-order valence-electron chi connectivity index (χ1n) is 8.82. The molecule has 29 heavy (non-hydrogen) atoms. The summed E-state index contributed by atoms with van der Waals surface area (Å²) < 4.78 is 1.47. The van der Waals surface area contributed by atoms with Crippen LogP contribution in [-0.4, -0.2) is 46.3 Å². The molecule has 4 rings (SSSR count). The minimum Gasteiger partial charge on any atom is -0.324 e. The van der Waals surface area contributed by atoms with Crippen LogP contribution in [-0.2, 0) is 17.8 Å². The molecule has 11 heteroatoms. The molecular formula is C18H16ClN9O. The Morgan fingerprint density at radius 2 is 1.97 bits per heavy atom. The number of tetrazole rings is 2. The highest BCUT2D eigenvalue weighted by Crippen LogP contribution is 2.26. The van der Waals surface area contributed by atoms with Crippen LogP contribution in [0.3, 0.4) is 0 Å². The van der Waals surface area contributed by atoms with Crippen molar-refractivity contribution in [3.8, 4) is 17.1 Å². The fourth-order valence-electron chi connectivity index (χ4n) is 2.73. The van der Waals surface area contributed by atoms with E-state index in [1.165, 1.54) is 21.4 Å². The number of hydrogen-bond donors (Lipinski definition) is 1. The van der Waals surface area contributed by atoms with Crippen molar-refractivity contribution in [2.45, 2.75) is 19.9 Å². The van der Waals surface area contributed by atoms with Crippen molar-refractivity contribution in [1.82, 2.24) is 40.4 Å². The van der Waals surface area contributed by atoms with Crippen LogP contribution < -0.4 is 5.32 Å². The Hall–Kier alpha value is -3.66. The van der Waals surface area contributed by atoms with Gasteiger partial charge in [-0.05, 0) is 58.0 Å². The van der Waals surface area contributed by atoms with E-state index in [1.807, 2.05) is 24.3 Å². The van der Waals surface area contributed by atoms with Gasteiger partial charge in [-0.25, -0.2) is 0 Å². The van der Waals surface area contributed by atoms with Gasteiger partial charge in [0.05, 0.1) is 11.3 Å². The van der Waals surface area contributed by atoms with Crippen LogP contribution in [0.25, 0.3) is 17.1 Å². The van der Waals surface area contributed by atoms with Crippen LogP contribution in [0.4, 0.5) is 5.69 Å². The molecule has 0 aliphatic rings. The second kappa shape index (κ2) is 8.15. The number of rotatable bonds is 6. The van der Waals surface area contributed by atoms with E-state index >= 15 is 0 Å². The third-order valence-corrected chi connectivity index (χ3v) is 4.41. The molecule has 0 aliphatic carbocycles. The fourth-order valence-corrected chi connectivity index (χ4v) is 2.90. The monoisotopic (exact) mass is 409 g/mol. The number of carbonyl (C=O) groups is 1. The lowest BCUT2D eigenvalue weighted by molar-refractivity contribution is -0.117. The van der Waals surface area contributed by atoms with Gasteiger partial charge in [-0.2, -0.15) is 9.48 Å². The Labute approximate surface area is 170 Å². The molecule has 1 amide bonds. The predicted octanol–water partition coefficient (Wildman–Crippen LogP) is 2.17. The van der Waals surface area contributed by atoms with Gasteiger partial charge >= 0.3 is 0 Å². The SMILES string of the molecule is CCc1ccc(NC(=O)Cn2nnc(-c3cc(Cl)ccc3-n3cnnn3)n2)cc1. The number of carbonyl (C=O) groups excluding carboxylic acids is 1. The summed E-state index contributed by atoms with van der Waals surface area (Å²) in [5.41, 5.74) is 3.14. The first-order chi connectivity index (χ1) is 14.1. The third kappa shape index (κ3) is 4.27. The van der Waals surface area contributed by atoms with E-state index < -0.39 is 0 Å². The number of amides is 1. The van der Waals surface area contributed by atoms with Crippen LogP contribution in [0, 0.1) is 0 Å².